The molecule has 2 amide bonds. The SMILES string of the molecule is COc1ccccc1NS(=O)(=O)c1cccc(C(=O)NCCC(=O)NC2CCCCC2)c1. The van der Waals surface area contributed by atoms with Gasteiger partial charge in [-0.25, -0.2) is 8.42 Å². The largest absolute Gasteiger partial charge is 0.495 e. The van der Waals surface area contributed by atoms with Crippen molar-refractivity contribution in [2.75, 3.05) is 18.4 Å². The Morgan fingerprint density at radius 3 is 2.53 bits per heavy atom. The number of hydrogen-bond donors (Lipinski definition) is 3. The maximum absolute atomic E-state index is 12.8. The molecule has 32 heavy (non-hydrogen) atoms. The summed E-state index contributed by atoms with van der Waals surface area (Å²) in [6.45, 7) is 0.174. The Hall–Kier alpha value is -3.07. The molecular formula is C23H29N3O5S. The minimum absolute atomic E-state index is 0.0499. The highest BCUT2D eigenvalue weighted by molar-refractivity contribution is 7.92. The number of para-hydroxylation sites is 2. The monoisotopic (exact) mass is 459 g/mol. The number of anilines is 1. The molecule has 0 unspecified atom stereocenters. The average Bonchev–Trinajstić information content (AvgIpc) is 2.80. The summed E-state index contributed by atoms with van der Waals surface area (Å²) in [5, 5.41) is 5.68. The molecule has 0 radical (unpaired) electrons. The zero-order chi connectivity index (χ0) is 23.0. The molecule has 1 aliphatic carbocycles. The molecule has 172 valence electrons. The third-order valence-corrected chi connectivity index (χ3v) is 6.73. The second-order valence-electron chi connectivity index (χ2n) is 7.74. The molecule has 1 saturated carbocycles. The predicted octanol–water partition coefficient (Wildman–Crippen LogP) is 3.06. The smallest absolute Gasteiger partial charge is 0.262 e. The van der Waals surface area contributed by atoms with E-state index >= 15 is 0 Å². The van der Waals surface area contributed by atoms with E-state index in [0.717, 1.165) is 25.7 Å². The quantitative estimate of drug-likeness (QED) is 0.533. The summed E-state index contributed by atoms with van der Waals surface area (Å²) < 4.78 is 33.2. The van der Waals surface area contributed by atoms with Gasteiger partial charge in [-0.1, -0.05) is 37.5 Å². The molecule has 2 aromatic carbocycles. The van der Waals surface area contributed by atoms with Crippen LogP contribution in [0.2, 0.25) is 0 Å². The Labute approximate surface area is 188 Å². The molecule has 3 rings (SSSR count). The van der Waals surface area contributed by atoms with E-state index in [1.54, 1.807) is 24.3 Å². The van der Waals surface area contributed by atoms with Gasteiger partial charge in [-0.05, 0) is 43.2 Å². The Kier molecular flexibility index (Phi) is 8.10. The van der Waals surface area contributed by atoms with E-state index in [-0.39, 0.29) is 35.4 Å². The van der Waals surface area contributed by atoms with Crippen LogP contribution in [-0.4, -0.2) is 39.9 Å². The van der Waals surface area contributed by atoms with Crippen LogP contribution in [0.4, 0.5) is 5.69 Å². The Morgan fingerprint density at radius 2 is 1.78 bits per heavy atom. The van der Waals surface area contributed by atoms with Gasteiger partial charge in [0.2, 0.25) is 5.91 Å². The third kappa shape index (κ3) is 6.46. The molecule has 0 aliphatic heterocycles. The minimum atomic E-state index is -3.93. The lowest BCUT2D eigenvalue weighted by molar-refractivity contribution is -0.121. The van der Waals surface area contributed by atoms with Crippen molar-refractivity contribution in [3.8, 4) is 5.75 Å². The van der Waals surface area contributed by atoms with Gasteiger partial charge in [-0.15, -0.1) is 0 Å². The van der Waals surface area contributed by atoms with Gasteiger partial charge in [0, 0.05) is 24.6 Å². The van der Waals surface area contributed by atoms with E-state index in [9.17, 15) is 18.0 Å². The van der Waals surface area contributed by atoms with E-state index in [0.29, 0.717) is 11.4 Å². The average molecular weight is 460 g/mol. The number of rotatable bonds is 9. The zero-order valence-electron chi connectivity index (χ0n) is 18.1. The van der Waals surface area contributed by atoms with Crippen molar-refractivity contribution in [2.24, 2.45) is 0 Å². The Bertz CT molecular complexity index is 1050. The minimum Gasteiger partial charge on any atom is -0.495 e. The summed E-state index contributed by atoms with van der Waals surface area (Å²) in [5.41, 5.74) is 0.495. The van der Waals surface area contributed by atoms with Gasteiger partial charge in [0.15, 0.2) is 0 Å². The number of carbonyl (C=O) groups is 2. The van der Waals surface area contributed by atoms with Crippen LogP contribution in [0.1, 0.15) is 48.9 Å². The number of ether oxygens (including phenoxy) is 1. The van der Waals surface area contributed by atoms with Gasteiger partial charge < -0.3 is 15.4 Å². The topological polar surface area (TPSA) is 114 Å². The van der Waals surface area contributed by atoms with E-state index < -0.39 is 15.9 Å². The molecule has 0 saturated heterocycles. The highest BCUT2D eigenvalue weighted by Crippen LogP contribution is 2.26. The standard InChI is InChI=1S/C23H29N3O5S/c1-31-21-13-6-5-12-20(21)26-32(29,30)19-11-7-8-17(16-19)23(28)24-15-14-22(27)25-18-9-3-2-4-10-18/h5-8,11-13,16,18,26H,2-4,9-10,14-15H2,1H3,(H,24,28)(H,25,27). The van der Waals surface area contributed by atoms with E-state index in [1.165, 1.54) is 37.8 Å². The normalized spacial score (nSPS) is 14.4. The second kappa shape index (κ2) is 11.0. The fraction of sp³-hybridized carbons (Fsp3) is 0.391. The number of carbonyl (C=O) groups excluding carboxylic acids is 2. The summed E-state index contributed by atoms with van der Waals surface area (Å²) in [6.07, 6.45) is 5.66. The first-order chi connectivity index (χ1) is 15.4. The maximum atomic E-state index is 12.8. The molecule has 8 nitrogen and oxygen atoms in total. The summed E-state index contributed by atoms with van der Waals surface area (Å²) in [6, 6.07) is 12.6. The molecule has 1 aliphatic rings. The van der Waals surface area contributed by atoms with E-state index in [1.807, 2.05) is 0 Å². The summed E-state index contributed by atoms with van der Waals surface area (Å²) in [5.74, 6) is -0.143. The van der Waals surface area contributed by atoms with Crippen LogP contribution in [0.3, 0.4) is 0 Å². The maximum Gasteiger partial charge on any atom is 0.262 e. The van der Waals surface area contributed by atoms with Crippen LogP contribution in [0, 0.1) is 0 Å². The highest BCUT2D eigenvalue weighted by Gasteiger charge is 2.19. The number of nitrogens with one attached hydrogen (secondary N) is 3. The summed E-state index contributed by atoms with van der Waals surface area (Å²) in [7, 11) is -2.47. The fourth-order valence-corrected chi connectivity index (χ4v) is 4.79. The van der Waals surface area contributed by atoms with E-state index in [2.05, 4.69) is 15.4 Å². The van der Waals surface area contributed by atoms with Gasteiger partial charge >= 0.3 is 0 Å². The van der Waals surface area contributed by atoms with Crippen molar-refractivity contribution >= 4 is 27.5 Å². The number of benzene rings is 2. The van der Waals surface area contributed by atoms with Crippen molar-refractivity contribution < 1.29 is 22.7 Å². The van der Waals surface area contributed by atoms with Gasteiger partial charge in [-0.3, -0.25) is 14.3 Å². The van der Waals surface area contributed by atoms with Crippen molar-refractivity contribution in [1.82, 2.24) is 10.6 Å². The zero-order valence-corrected chi connectivity index (χ0v) is 18.9. The molecule has 0 bridgehead atoms. The molecule has 0 aromatic heterocycles. The number of amides is 2. The van der Waals surface area contributed by atoms with Crippen LogP contribution in [-0.2, 0) is 14.8 Å². The van der Waals surface area contributed by atoms with Gasteiger partial charge in [0.05, 0.1) is 17.7 Å². The highest BCUT2D eigenvalue weighted by atomic mass is 32.2. The predicted molar refractivity (Wildman–Crippen MR) is 122 cm³/mol. The number of hydrogen-bond acceptors (Lipinski definition) is 5. The first kappa shape index (κ1) is 23.6. The molecule has 0 heterocycles. The molecule has 0 atom stereocenters. The van der Waals surface area contributed by atoms with Crippen LogP contribution in [0.15, 0.2) is 53.4 Å². The summed E-state index contributed by atoms with van der Waals surface area (Å²) in [4.78, 5) is 24.5. The molecule has 0 spiro atoms. The lowest BCUT2D eigenvalue weighted by Gasteiger charge is -2.22. The summed E-state index contributed by atoms with van der Waals surface area (Å²) >= 11 is 0. The van der Waals surface area contributed by atoms with Crippen LogP contribution in [0.25, 0.3) is 0 Å². The molecule has 1 fully saturated rings. The van der Waals surface area contributed by atoms with Crippen molar-refractivity contribution in [1.29, 1.82) is 0 Å². The Morgan fingerprint density at radius 1 is 1.03 bits per heavy atom. The van der Waals surface area contributed by atoms with Crippen molar-refractivity contribution in [3.63, 3.8) is 0 Å². The van der Waals surface area contributed by atoms with Gasteiger partial charge in [0.25, 0.3) is 15.9 Å². The van der Waals surface area contributed by atoms with E-state index in [4.69, 9.17) is 4.74 Å². The molecule has 2 aromatic rings. The molecular weight excluding hydrogens is 430 g/mol. The van der Waals surface area contributed by atoms with Crippen LogP contribution >= 0.6 is 0 Å². The first-order valence-electron chi connectivity index (χ1n) is 10.7. The van der Waals surface area contributed by atoms with Crippen molar-refractivity contribution in [2.45, 2.75) is 49.5 Å². The van der Waals surface area contributed by atoms with Crippen molar-refractivity contribution in [3.05, 3.63) is 54.1 Å². The first-order valence-corrected chi connectivity index (χ1v) is 12.2. The van der Waals surface area contributed by atoms with Gasteiger partial charge in [-0.2, -0.15) is 0 Å². The second-order valence-corrected chi connectivity index (χ2v) is 9.42. The van der Waals surface area contributed by atoms with Crippen LogP contribution < -0.4 is 20.1 Å². The Balaban J connectivity index is 1.57. The third-order valence-electron chi connectivity index (χ3n) is 5.37. The number of methoxy groups -OCH3 is 1. The van der Waals surface area contributed by atoms with Crippen LogP contribution in [0.5, 0.6) is 5.75 Å². The lowest BCUT2D eigenvalue weighted by Crippen LogP contribution is -2.38. The fourth-order valence-electron chi connectivity index (χ4n) is 3.68. The molecule has 9 heteroatoms. The van der Waals surface area contributed by atoms with Gasteiger partial charge in [0.1, 0.15) is 5.75 Å². The lowest BCUT2D eigenvalue weighted by atomic mass is 9.95. The number of sulfonamides is 1. The molecule has 3 N–H and O–H groups in total.